The van der Waals surface area contributed by atoms with E-state index in [1.807, 2.05) is 51.5 Å². The van der Waals surface area contributed by atoms with Crippen LogP contribution in [0, 0.1) is 12.3 Å². The maximum Gasteiger partial charge on any atom is 0.154 e. The van der Waals surface area contributed by atoms with Gasteiger partial charge in [0.1, 0.15) is 0 Å². The summed E-state index contributed by atoms with van der Waals surface area (Å²) in [5.41, 5.74) is 4.62. The van der Waals surface area contributed by atoms with Crippen LogP contribution in [0.5, 0.6) is 0 Å². The molecule has 2 aromatic rings. The molecule has 7 nitrogen and oxygen atoms in total. The Morgan fingerprint density at radius 2 is 2.14 bits per heavy atom. The number of hydrogen-bond donors (Lipinski definition) is 3. The molecule has 37 heavy (non-hydrogen) atoms. The average molecular weight is 542 g/mol. The summed E-state index contributed by atoms with van der Waals surface area (Å²) < 4.78 is 5.03. The minimum atomic E-state index is 0.0913. The zero-order valence-electron chi connectivity index (χ0n) is 22.6. The SMILES string of the molecule is C#C/C(C)=C\n1nc(C2CCCCN2C(=C)c2cc(Cl)ccc2NSC)cc1N=C.CNCC(C)NC. The minimum absolute atomic E-state index is 0.0913. The van der Waals surface area contributed by atoms with Crippen LogP contribution in [0.25, 0.3) is 11.9 Å². The Morgan fingerprint density at radius 3 is 2.73 bits per heavy atom. The lowest BCUT2D eigenvalue weighted by Gasteiger charge is -2.38. The fourth-order valence-corrected chi connectivity index (χ4v) is 4.65. The van der Waals surface area contributed by atoms with Crippen molar-refractivity contribution in [1.29, 1.82) is 0 Å². The van der Waals surface area contributed by atoms with E-state index >= 15 is 0 Å². The lowest BCUT2D eigenvalue weighted by Crippen LogP contribution is -2.32. The molecule has 1 aliphatic rings. The lowest BCUT2D eigenvalue weighted by molar-refractivity contribution is 0.226. The summed E-state index contributed by atoms with van der Waals surface area (Å²) in [5.74, 6) is 3.29. The highest BCUT2D eigenvalue weighted by atomic mass is 35.5. The van der Waals surface area contributed by atoms with Crippen LogP contribution in [0.1, 0.15) is 50.4 Å². The van der Waals surface area contributed by atoms with Gasteiger partial charge in [-0.25, -0.2) is 9.67 Å². The number of aromatic nitrogens is 2. The number of terminal acetylenes is 1. The molecular formula is C28H40ClN7S. The molecule has 200 valence electrons. The summed E-state index contributed by atoms with van der Waals surface area (Å²) in [5, 5.41) is 11.6. The van der Waals surface area contributed by atoms with Gasteiger partial charge in [-0.05, 0) is 72.1 Å². The van der Waals surface area contributed by atoms with Gasteiger partial charge in [-0.1, -0.05) is 36.0 Å². The van der Waals surface area contributed by atoms with Crippen LogP contribution in [0.4, 0.5) is 11.5 Å². The van der Waals surface area contributed by atoms with E-state index in [1.165, 1.54) is 0 Å². The van der Waals surface area contributed by atoms with E-state index in [2.05, 4.69) is 51.4 Å². The standard InChI is InChI=1S/C23H26ClN5S.C5H14N2/c1-6-16(2)15-29-23(25-4)14-21(26-29)22-9-7-8-12-28(22)17(3)19-13-18(24)10-11-20(19)27-30-5;1-5(7-3)4-6-2/h1,10-11,13-15,22,27H,3-4,7-9,12H2,2,5H3;5-7H,4H2,1-3H3/b16-15-;. The Labute approximate surface area is 232 Å². The molecule has 0 amide bonds. The number of likely N-dealkylation sites (tertiary alicyclic amines) is 1. The highest BCUT2D eigenvalue weighted by Crippen LogP contribution is 2.39. The summed E-state index contributed by atoms with van der Waals surface area (Å²) in [6.45, 7) is 14.0. The molecule has 1 aromatic carbocycles. The molecule has 2 unspecified atom stereocenters. The van der Waals surface area contributed by atoms with Crippen molar-refractivity contribution in [3.8, 4) is 12.3 Å². The van der Waals surface area contributed by atoms with E-state index in [0.29, 0.717) is 16.9 Å². The second-order valence-corrected chi connectivity index (χ2v) is 9.93. The number of anilines is 1. The van der Waals surface area contributed by atoms with Crippen LogP contribution in [-0.2, 0) is 0 Å². The van der Waals surface area contributed by atoms with Crippen molar-refractivity contribution in [2.45, 2.75) is 45.2 Å². The molecule has 2 atom stereocenters. The number of allylic oxidation sites excluding steroid dienone is 1. The molecule has 0 bridgehead atoms. The molecule has 0 saturated carbocycles. The van der Waals surface area contributed by atoms with Crippen LogP contribution >= 0.6 is 23.5 Å². The molecule has 0 spiro atoms. The lowest BCUT2D eigenvalue weighted by atomic mass is 9.97. The minimum Gasteiger partial charge on any atom is -0.363 e. The highest BCUT2D eigenvalue weighted by molar-refractivity contribution is 7.99. The Morgan fingerprint density at radius 1 is 1.38 bits per heavy atom. The van der Waals surface area contributed by atoms with Gasteiger partial charge in [0, 0.05) is 59.5 Å². The quantitative estimate of drug-likeness (QED) is 0.193. The number of aliphatic imine (C=N–C) groups is 1. The number of halogens is 1. The highest BCUT2D eigenvalue weighted by Gasteiger charge is 2.29. The molecule has 0 radical (unpaired) electrons. The van der Waals surface area contributed by atoms with Crippen LogP contribution in [0.2, 0.25) is 5.02 Å². The number of nitrogens with one attached hydrogen (secondary N) is 3. The molecule has 9 heteroatoms. The van der Waals surface area contributed by atoms with Gasteiger partial charge in [-0.2, -0.15) is 5.10 Å². The first-order valence-corrected chi connectivity index (χ1v) is 14.0. The van der Waals surface area contributed by atoms with Gasteiger partial charge >= 0.3 is 0 Å². The van der Waals surface area contributed by atoms with Crippen molar-refractivity contribution >= 4 is 53.7 Å². The Balaban J connectivity index is 0.000000604. The molecule has 1 aromatic heterocycles. The van der Waals surface area contributed by atoms with Crippen LogP contribution in [0.3, 0.4) is 0 Å². The van der Waals surface area contributed by atoms with Crippen molar-refractivity contribution in [3.63, 3.8) is 0 Å². The summed E-state index contributed by atoms with van der Waals surface area (Å²) in [4.78, 5) is 6.44. The molecule has 1 aliphatic heterocycles. The molecule has 3 rings (SSSR count). The first-order chi connectivity index (χ1) is 17.8. The van der Waals surface area contributed by atoms with E-state index in [0.717, 1.165) is 60.6 Å². The van der Waals surface area contributed by atoms with Crippen molar-refractivity contribution in [1.82, 2.24) is 25.3 Å². The summed E-state index contributed by atoms with van der Waals surface area (Å²) >= 11 is 7.85. The fraction of sp³-hybridized carbons (Fsp3) is 0.429. The number of piperidine rings is 1. The third-order valence-corrected chi connectivity index (χ3v) is 6.80. The van der Waals surface area contributed by atoms with E-state index in [-0.39, 0.29) is 6.04 Å². The zero-order valence-corrected chi connectivity index (χ0v) is 24.2. The van der Waals surface area contributed by atoms with Gasteiger partial charge in [0.15, 0.2) is 5.82 Å². The van der Waals surface area contributed by atoms with Crippen molar-refractivity contribution < 1.29 is 0 Å². The van der Waals surface area contributed by atoms with E-state index in [1.54, 1.807) is 22.8 Å². The smallest absolute Gasteiger partial charge is 0.154 e. The molecule has 0 aliphatic carbocycles. The molecule has 1 saturated heterocycles. The average Bonchev–Trinajstić information content (AvgIpc) is 3.32. The first-order valence-electron chi connectivity index (χ1n) is 12.4. The maximum atomic E-state index is 6.31. The third kappa shape index (κ3) is 8.68. The number of likely N-dealkylation sites (N-methyl/N-ethyl adjacent to an activating group) is 2. The first kappa shape index (κ1) is 30.5. The molecular weight excluding hydrogens is 502 g/mol. The van der Waals surface area contributed by atoms with E-state index < -0.39 is 0 Å². The number of rotatable bonds is 10. The Kier molecular flexibility index (Phi) is 12.8. The largest absolute Gasteiger partial charge is 0.363 e. The summed E-state index contributed by atoms with van der Waals surface area (Å²) in [6, 6.07) is 8.48. The van der Waals surface area contributed by atoms with Gasteiger partial charge in [-0.3, -0.25) is 0 Å². The van der Waals surface area contributed by atoms with Gasteiger partial charge in [0.2, 0.25) is 0 Å². The van der Waals surface area contributed by atoms with Crippen LogP contribution in [0.15, 0.2) is 41.4 Å². The normalized spacial score (nSPS) is 16.3. The number of hydrogen-bond acceptors (Lipinski definition) is 7. The number of nitrogens with zero attached hydrogens (tertiary/aromatic N) is 4. The van der Waals surface area contributed by atoms with E-state index in [9.17, 15) is 0 Å². The monoisotopic (exact) mass is 541 g/mol. The van der Waals surface area contributed by atoms with E-state index in [4.69, 9.17) is 23.1 Å². The molecule has 2 heterocycles. The summed E-state index contributed by atoms with van der Waals surface area (Å²) in [6.07, 6.45) is 12.5. The Bertz CT molecular complexity index is 1120. The topological polar surface area (TPSA) is 69.5 Å². The predicted molar refractivity (Wildman–Crippen MR) is 164 cm³/mol. The van der Waals surface area contributed by atoms with Gasteiger partial charge in [-0.15, -0.1) is 6.42 Å². The fourth-order valence-electron chi connectivity index (χ4n) is 4.08. The van der Waals surface area contributed by atoms with Gasteiger partial charge in [0.05, 0.1) is 17.4 Å². The van der Waals surface area contributed by atoms with Crippen molar-refractivity contribution in [2.24, 2.45) is 4.99 Å². The summed E-state index contributed by atoms with van der Waals surface area (Å²) in [7, 11) is 3.91. The third-order valence-electron chi connectivity index (χ3n) is 6.14. The predicted octanol–water partition coefficient (Wildman–Crippen LogP) is 6.06. The maximum absolute atomic E-state index is 6.31. The Hall–Kier alpha value is -2.70. The van der Waals surface area contributed by atoms with Crippen LogP contribution in [-0.4, -0.2) is 60.9 Å². The molecule has 1 fully saturated rings. The van der Waals surface area contributed by atoms with Gasteiger partial charge < -0.3 is 20.3 Å². The molecule has 3 N–H and O–H groups in total. The second kappa shape index (κ2) is 15.5. The van der Waals surface area contributed by atoms with Gasteiger partial charge in [0.25, 0.3) is 0 Å². The second-order valence-electron chi connectivity index (χ2n) is 8.88. The number of benzene rings is 1. The van der Waals surface area contributed by atoms with Crippen molar-refractivity contribution in [3.05, 3.63) is 52.7 Å². The van der Waals surface area contributed by atoms with Crippen molar-refractivity contribution in [2.75, 3.05) is 38.2 Å². The zero-order chi connectivity index (χ0) is 27.4. The van der Waals surface area contributed by atoms with Crippen LogP contribution < -0.4 is 15.4 Å².